The molecule has 0 aromatic carbocycles. The first-order chi connectivity index (χ1) is 14.7. The highest BCUT2D eigenvalue weighted by Crippen LogP contribution is 2.42. The fraction of sp³-hybridized carbons (Fsp3) is 0.889. The van der Waals surface area contributed by atoms with Crippen LogP contribution in [0.2, 0.25) is 0 Å². The van der Waals surface area contributed by atoms with E-state index in [4.69, 9.17) is 9.47 Å². The fourth-order valence-corrected chi connectivity index (χ4v) is 5.57. The number of carbonyl (C=O) groups excluding carboxylic acids is 1. The van der Waals surface area contributed by atoms with Crippen LogP contribution < -0.4 is 0 Å². The molecule has 2 saturated carbocycles. The molecular weight excluding hydrogens is 372 g/mol. The van der Waals surface area contributed by atoms with Gasteiger partial charge < -0.3 is 9.47 Å². The summed E-state index contributed by atoms with van der Waals surface area (Å²) >= 11 is 0. The largest absolute Gasteiger partial charge is 0.465 e. The molecule has 0 amide bonds. The zero-order valence-corrected chi connectivity index (χ0v) is 19.8. The Hall–Kier alpha value is -0.830. The summed E-state index contributed by atoms with van der Waals surface area (Å²) in [5, 5.41) is 0. The SMILES string of the molecule is C=CCOCCCCCCOC(=O)C1CCC(C2CCC(CCCCC)CC2)CC1. The van der Waals surface area contributed by atoms with E-state index < -0.39 is 0 Å². The minimum absolute atomic E-state index is 0.0717. The van der Waals surface area contributed by atoms with Crippen molar-refractivity contribution < 1.29 is 14.3 Å². The van der Waals surface area contributed by atoms with Crippen LogP contribution in [0.3, 0.4) is 0 Å². The smallest absolute Gasteiger partial charge is 0.308 e. The molecule has 0 bridgehead atoms. The first-order valence-corrected chi connectivity index (χ1v) is 13.1. The van der Waals surface area contributed by atoms with E-state index in [0.717, 1.165) is 62.9 Å². The Morgan fingerprint density at radius 1 is 0.833 bits per heavy atom. The highest BCUT2D eigenvalue weighted by Gasteiger charge is 2.33. The van der Waals surface area contributed by atoms with E-state index in [0.29, 0.717) is 13.2 Å². The standard InChI is InChI=1S/C27H48O3/c1-3-5-8-11-23-12-14-24(15-13-23)25-16-18-26(19-17-25)27(28)30-22-10-7-6-9-21-29-20-4-2/h4,23-26H,2-3,5-22H2,1H3. The van der Waals surface area contributed by atoms with Gasteiger partial charge in [0, 0.05) is 6.61 Å². The van der Waals surface area contributed by atoms with Gasteiger partial charge in [-0.05, 0) is 75.5 Å². The van der Waals surface area contributed by atoms with Crippen LogP contribution in [0.1, 0.15) is 110 Å². The molecule has 30 heavy (non-hydrogen) atoms. The lowest BCUT2D eigenvalue weighted by Crippen LogP contribution is -2.29. The van der Waals surface area contributed by atoms with Crippen LogP contribution in [-0.2, 0) is 14.3 Å². The third kappa shape index (κ3) is 9.98. The van der Waals surface area contributed by atoms with Gasteiger partial charge in [-0.15, -0.1) is 6.58 Å². The molecule has 2 fully saturated rings. The maximum atomic E-state index is 12.4. The maximum Gasteiger partial charge on any atom is 0.308 e. The second-order valence-corrected chi connectivity index (χ2v) is 9.83. The van der Waals surface area contributed by atoms with Crippen molar-refractivity contribution in [3.63, 3.8) is 0 Å². The van der Waals surface area contributed by atoms with Gasteiger partial charge in [0.05, 0.1) is 19.1 Å². The zero-order chi connectivity index (χ0) is 21.4. The van der Waals surface area contributed by atoms with Crippen LogP contribution in [-0.4, -0.2) is 25.8 Å². The molecule has 2 aliphatic rings. The van der Waals surface area contributed by atoms with Crippen molar-refractivity contribution in [3.05, 3.63) is 12.7 Å². The fourth-order valence-electron chi connectivity index (χ4n) is 5.57. The molecule has 0 aromatic heterocycles. The molecule has 174 valence electrons. The van der Waals surface area contributed by atoms with Crippen molar-refractivity contribution >= 4 is 5.97 Å². The molecule has 0 aromatic rings. The van der Waals surface area contributed by atoms with Gasteiger partial charge in [-0.3, -0.25) is 4.79 Å². The Morgan fingerprint density at radius 3 is 2.10 bits per heavy atom. The summed E-state index contributed by atoms with van der Waals surface area (Å²) in [4.78, 5) is 12.4. The Morgan fingerprint density at radius 2 is 1.47 bits per heavy atom. The number of hydrogen-bond donors (Lipinski definition) is 0. The van der Waals surface area contributed by atoms with E-state index in [1.165, 1.54) is 64.2 Å². The first kappa shape index (κ1) is 25.4. The molecule has 2 rings (SSSR count). The van der Waals surface area contributed by atoms with Gasteiger partial charge in [-0.25, -0.2) is 0 Å². The third-order valence-corrected chi connectivity index (χ3v) is 7.54. The third-order valence-electron chi connectivity index (χ3n) is 7.54. The highest BCUT2D eigenvalue weighted by atomic mass is 16.5. The summed E-state index contributed by atoms with van der Waals surface area (Å²) < 4.78 is 11.0. The number of ether oxygens (including phenoxy) is 2. The molecule has 0 N–H and O–H groups in total. The van der Waals surface area contributed by atoms with Crippen molar-refractivity contribution in [3.8, 4) is 0 Å². The summed E-state index contributed by atoms with van der Waals surface area (Å²) in [7, 11) is 0. The van der Waals surface area contributed by atoms with Crippen molar-refractivity contribution in [2.24, 2.45) is 23.7 Å². The zero-order valence-electron chi connectivity index (χ0n) is 19.8. The van der Waals surface area contributed by atoms with Gasteiger partial charge in [0.1, 0.15) is 0 Å². The van der Waals surface area contributed by atoms with E-state index in [1.54, 1.807) is 6.08 Å². The monoisotopic (exact) mass is 420 g/mol. The Labute approximate surface area is 186 Å². The number of hydrogen-bond acceptors (Lipinski definition) is 3. The van der Waals surface area contributed by atoms with Gasteiger partial charge in [-0.1, -0.05) is 57.9 Å². The first-order valence-electron chi connectivity index (χ1n) is 13.1. The molecule has 3 nitrogen and oxygen atoms in total. The van der Waals surface area contributed by atoms with Crippen LogP contribution in [0.5, 0.6) is 0 Å². The Kier molecular flexibility index (Phi) is 13.5. The number of rotatable bonds is 15. The highest BCUT2D eigenvalue weighted by molar-refractivity contribution is 5.72. The van der Waals surface area contributed by atoms with E-state index in [9.17, 15) is 4.79 Å². The Bertz CT molecular complexity index is 445. The molecule has 0 heterocycles. The Balaban J connectivity index is 1.49. The van der Waals surface area contributed by atoms with Crippen molar-refractivity contribution in [1.29, 1.82) is 0 Å². The molecule has 3 heteroatoms. The van der Waals surface area contributed by atoms with Gasteiger partial charge in [0.25, 0.3) is 0 Å². The van der Waals surface area contributed by atoms with E-state index in [1.807, 2.05) is 0 Å². The summed E-state index contributed by atoms with van der Waals surface area (Å²) in [6.07, 6.45) is 22.1. The predicted molar refractivity (Wildman–Crippen MR) is 125 cm³/mol. The normalized spacial score (nSPS) is 27.0. The van der Waals surface area contributed by atoms with Crippen LogP contribution in [0.4, 0.5) is 0 Å². The van der Waals surface area contributed by atoms with Crippen LogP contribution >= 0.6 is 0 Å². The molecule has 0 atom stereocenters. The lowest BCUT2D eigenvalue weighted by Gasteiger charge is -2.37. The van der Waals surface area contributed by atoms with Crippen molar-refractivity contribution in [1.82, 2.24) is 0 Å². The second kappa shape index (κ2) is 15.9. The average molecular weight is 421 g/mol. The van der Waals surface area contributed by atoms with E-state index in [2.05, 4.69) is 13.5 Å². The molecular formula is C27H48O3. The summed E-state index contributed by atoms with van der Waals surface area (Å²) in [6.45, 7) is 7.97. The predicted octanol–water partition coefficient (Wildman–Crippen LogP) is 7.49. The average Bonchev–Trinajstić information content (AvgIpc) is 2.78. The quantitative estimate of drug-likeness (QED) is 0.156. The molecule has 0 saturated heterocycles. The molecule has 0 radical (unpaired) electrons. The minimum atomic E-state index is 0.0717. The number of unbranched alkanes of at least 4 members (excludes halogenated alkanes) is 5. The minimum Gasteiger partial charge on any atom is -0.465 e. The van der Waals surface area contributed by atoms with Gasteiger partial charge in [-0.2, -0.15) is 0 Å². The molecule has 0 aliphatic heterocycles. The van der Waals surface area contributed by atoms with Crippen molar-refractivity contribution in [2.45, 2.75) is 110 Å². The lowest BCUT2D eigenvalue weighted by atomic mass is 9.68. The van der Waals surface area contributed by atoms with E-state index in [-0.39, 0.29) is 11.9 Å². The lowest BCUT2D eigenvalue weighted by molar-refractivity contribution is -0.150. The molecule has 0 spiro atoms. The summed E-state index contributed by atoms with van der Waals surface area (Å²) in [6, 6.07) is 0. The number of esters is 1. The topological polar surface area (TPSA) is 35.5 Å². The summed E-state index contributed by atoms with van der Waals surface area (Å²) in [5.74, 6) is 3.04. The van der Waals surface area contributed by atoms with Gasteiger partial charge in [0.2, 0.25) is 0 Å². The van der Waals surface area contributed by atoms with Gasteiger partial charge in [0.15, 0.2) is 0 Å². The van der Waals surface area contributed by atoms with Crippen LogP contribution in [0.25, 0.3) is 0 Å². The molecule has 2 aliphatic carbocycles. The molecule has 0 unspecified atom stereocenters. The van der Waals surface area contributed by atoms with E-state index >= 15 is 0 Å². The van der Waals surface area contributed by atoms with Gasteiger partial charge >= 0.3 is 5.97 Å². The number of carbonyl (C=O) groups is 1. The summed E-state index contributed by atoms with van der Waals surface area (Å²) in [5.41, 5.74) is 0. The second-order valence-electron chi connectivity index (χ2n) is 9.83. The van der Waals surface area contributed by atoms with Crippen LogP contribution in [0.15, 0.2) is 12.7 Å². The van der Waals surface area contributed by atoms with Crippen molar-refractivity contribution in [2.75, 3.05) is 19.8 Å². The van der Waals surface area contributed by atoms with Crippen LogP contribution in [0, 0.1) is 23.7 Å². The maximum absolute atomic E-state index is 12.4.